The molecule has 168 valence electrons. The number of carbonyl (C=O) groups is 1. The summed E-state index contributed by atoms with van der Waals surface area (Å²) in [7, 11) is -3.54. The molecule has 1 N–H and O–H groups in total. The smallest absolute Gasteiger partial charge is 0.261 e. The Morgan fingerprint density at radius 2 is 1.75 bits per heavy atom. The van der Waals surface area contributed by atoms with E-state index in [0.717, 1.165) is 21.6 Å². The first kappa shape index (κ1) is 22.6. The third-order valence-corrected chi connectivity index (χ3v) is 8.43. The number of morpholine rings is 1. The average molecular weight is 475 g/mol. The first-order valence-electron chi connectivity index (χ1n) is 10.2. The van der Waals surface area contributed by atoms with Crippen molar-refractivity contribution >= 4 is 27.3 Å². The van der Waals surface area contributed by atoms with E-state index < -0.39 is 10.0 Å². The Morgan fingerprint density at radius 3 is 2.41 bits per heavy atom. The third kappa shape index (κ3) is 4.91. The Bertz CT molecular complexity index is 1200. The van der Waals surface area contributed by atoms with Crippen molar-refractivity contribution in [3.05, 3.63) is 76.4 Å². The first-order valence-corrected chi connectivity index (χ1v) is 12.4. The lowest BCUT2D eigenvalue weighted by Crippen LogP contribution is -2.40. The summed E-state index contributed by atoms with van der Waals surface area (Å²) in [6, 6.07) is 14.5. The van der Waals surface area contributed by atoms with Gasteiger partial charge in [-0.3, -0.25) is 4.79 Å². The van der Waals surface area contributed by atoms with E-state index in [1.54, 1.807) is 36.4 Å². The van der Waals surface area contributed by atoms with Gasteiger partial charge in [-0.05, 0) is 53.9 Å². The number of benzene rings is 2. The van der Waals surface area contributed by atoms with Crippen LogP contribution in [0, 0.1) is 12.7 Å². The van der Waals surface area contributed by atoms with E-state index in [1.807, 2.05) is 13.0 Å². The molecule has 2 heterocycles. The minimum Gasteiger partial charge on any atom is -0.379 e. The summed E-state index contributed by atoms with van der Waals surface area (Å²) in [6.45, 7) is 3.68. The number of ether oxygens (including phenoxy) is 1. The maximum Gasteiger partial charge on any atom is 0.261 e. The van der Waals surface area contributed by atoms with Crippen molar-refractivity contribution in [3.8, 4) is 10.4 Å². The Hall–Kier alpha value is -2.59. The molecule has 0 aliphatic carbocycles. The maximum atomic E-state index is 13.2. The van der Waals surface area contributed by atoms with Crippen molar-refractivity contribution in [3.63, 3.8) is 0 Å². The van der Waals surface area contributed by atoms with E-state index in [1.165, 1.54) is 27.8 Å². The van der Waals surface area contributed by atoms with Crippen molar-refractivity contribution in [2.75, 3.05) is 26.3 Å². The van der Waals surface area contributed by atoms with Crippen molar-refractivity contribution in [1.82, 2.24) is 9.62 Å². The zero-order chi connectivity index (χ0) is 22.7. The van der Waals surface area contributed by atoms with Crippen LogP contribution in [-0.2, 0) is 21.3 Å². The highest BCUT2D eigenvalue weighted by Gasteiger charge is 2.26. The van der Waals surface area contributed by atoms with Crippen LogP contribution in [0.25, 0.3) is 10.4 Å². The van der Waals surface area contributed by atoms with Gasteiger partial charge in [0.2, 0.25) is 10.0 Å². The second kappa shape index (κ2) is 9.50. The minimum atomic E-state index is -3.54. The number of sulfonamides is 1. The monoisotopic (exact) mass is 474 g/mol. The lowest BCUT2D eigenvalue weighted by Gasteiger charge is -2.26. The summed E-state index contributed by atoms with van der Waals surface area (Å²) in [5, 5.41) is 2.87. The van der Waals surface area contributed by atoms with E-state index in [0.29, 0.717) is 31.2 Å². The van der Waals surface area contributed by atoms with Crippen LogP contribution in [0.4, 0.5) is 4.39 Å². The molecule has 1 aromatic heterocycles. The molecule has 0 atom stereocenters. The highest BCUT2D eigenvalue weighted by Crippen LogP contribution is 2.32. The number of thiophene rings is 1. The van der Waals surface area contributed by atoms with Gasteiger partial charge >= 0.3 is 0 Å². The van der Waals surface area contributed by atoms with Gasteiger partial charge in [0, 0.05) is 24.5 Å². The summed E-state index contributed by atoms with van der Waals surface area (Å²) in [4.78, 5) is 14.3. The molecule has 6 nitrogen and oxygen atoms in total. The number of rotatable bonds is 6. The number of hydrogen-bond donors (Lipinski definition) is 1. The van der Waals surface area contributed by atoms with Crippen molar-refractivity contribution in [1.29, 1.82) is 0 Å². The zero-order valence-electron chi connectivity index (χ0n) is 17.5. The van der Waals surface area contributed by atoms with E-state index in [9.17, 15) is 17.6 Å². The van der Waals surface area contributed by atoms with Crippen LogP contribution in [0.2, 0.25) is 0 Å². The molecular formula is C23H23FN2O4S2. The molecule has 4 rings (SSSR count). The van der Waals surface area contributed by atoms with Crippen LogP contribution in [-0.4, -0.2) is 44.9 Å². The second-order valence-electron chi connectivity index (χ2n) is 7.47. The molecule has 2 aromatic carbocycles. The number of nitrogens with zero attached hydrogens (tertiary/aromatic N) is 1. The standard InChI is InChI=1S/C23H23FN2O4S2/c1-16-14-21(31-22(16)18-4-6-19(24)7-5-18)23(27)25-15-17-2-8-20(9-3-17)32(28,29)26-10-12-30-13-11-26/h2-9,14H,10-13,15H2,1H3,(H,25,27). The molecule has 0 unspecified atom stereocenters. The fraction of sp³-hybridized carbons (Fsp3) is 0.261. The molecular weight excluding hydrogens is 451 g/mol. The van der Waals surface area contributed by atoms with E-state index in [4.69, 9.17) is 4.74 Å². The summed E-state index contributed by atoms with van der Waals surface area (Å²) in [5.41, 5.74) is 2.61. The van der Waals surface area contributed by atoms with Gasteiger partial charge in [-0.2, -0.15) is 4.31 Å². The van der Waals surface area contributed by atoms with Gasteiger partial charge in [0.25, 0.3) is 5.91 Å². The van der Waals surface area contributed by atoms with Gasteiger partial charge in [0.1, 0.15) is 5.82 Å². The van der Waals surface area contributed by atoms with Gasteiger partial charge in [-0.15, -0.1) is 11.3 Å². The summed E-state index contributed by atoms with van der Waals surface area (Å²) in [6.07, 6.45) is 0. The van der Waals surface area contributed by atoms with Crippen LogP contribution >= 0.6 is 11.3 Å². The largest absolute Gasteiger partial charge is 0.379 e. The highest BCUT2D eigenvalue weighted by molar-refractivity contribution is 7.89. The molecule has 9 heteroatoms. The van der Waals surface area contributed by atoms with Crippen LogP contribution in [0.1, 0.15) is 20.8 Å². The Labute approximate surface area is 190 Å². The topological polar surface area (TPSA) is 75.7 Å². The van der Waals surface area contributed by atoms with Gasteiger partial charge in [0.15, 0.2) is 0 Å². The van der Waals surface area contributed by atoms with Gasteiger partial charge in [0.05, 0.1) is 23.0 Å². The molecule has 3 aromatic rings. The van der Waals surface area contributed by atoms with Crippen molar-refractivity contribution < 1.29 is 22.3 Å². The lowest BCUT2D eigenvalue weighted by atomic mass is 10.1. The van der Waals surface area contributed by atoms with Crippen LogP contribution in [0.3, 0.4) is 0 Å². The quantitative estimate of drug-likeness (QED) is 0.590. The van der Waals surface area contributed by atoms with Crippen molar-refractivity contribution in [2.24, 2.45) is 0 Å². The minimum absolute atomic E-state index is 0.212. The zero-order valence-corrected chi connectivity index (χ0v) is 19.1. The molecule has 1 fully saturated rings. The lowest BCUT2D eigenvalue weighted by molar-refractivity contribution is 0.0730. The molecule has 0 saturated carbocycles. The van der Waals surface area contributed by atoms with Crippen LogP contribution in [0.15, 0.2) is 59.5 Å². The second-order valence-corrected chi connectivity index (χ2v) is 10.5. The van der Waals surface area contributed by atoms with Gasteiger partial charge in [-0.1, -0.05) is 24.3 Å². The fourth-order valence-electron chi connectivity index (χ4n) is 3.47. The number of carbonyl (C=O) groups excluding carboxylic acids is 1. The van der Waals surface area contributed by atoms with Crippen LogP contribution < -0.4 is 5.32 Å². The first-order chi connectivity index (χ1) is 15.3. The van der Waals surface area contributed by atoms with Gasteiger partial charge in [-0.25, -0.2) is 12.8 Å². The van der Waals surface area contributed by atoms with Crippen LogP contribution in [0.5, 0.6) is 0 Å². The SMILES string of the molecule is Cc1cc(C(=O)NCc2ccc(S(=O)(=O)N3CCOCC3)cc2)sc1-c1ccc(F)cc1. The summed E-state index contributed by atoms with van der Waals surface area (Å²) >= 11 is 1.35. The van der Waals surface area contributed by atoms with E-state index in [2.05, 4.69) is 5.32 Å². The average Bonchev–Trinajstić information content (AvgIpc) is 3.20. The number of hydrogen-bond acceptors (Lipinski definition) is 5. The number of halogens is 1. The van der Waals surface area contributed by atoms with E-state index >= 15 is 0 Å². The molecule has 1 aliphatic heterocycles. The molecule has 0 radical (unpaired) electrons. The van der Waals surface area contributed by atoms with Crippen molar-refractivity contribution in [2.45, 2.75) is 18.4 Å². The summed E-state index contributed by atoms with van der Waals surface area (Å²) in [5.74, 6) is -0.513. The fourth-order valence-corrected chi connectivity index (χ4v) is 5.97. The van der Waals surface area contributed by atoms with Gasteiger partial charge < -0.3 is 10.1 Å². The Balaban J connectivity index is 1.40. The summed E-state index contributed by atoms with van der Waals surface area (Å²) < 4.78 is 45.2. The normalized spacial score (nSPS) is 14.9. The predicted octanol–water partition coefficient (Wildman–Crippen LogP) is 3.81. The molecule has 1 saturated heterocycles. The predicted molar refractivity (Wildman–Crippen MR) is 122 cm³/mol. The Morgan fingerprint density at radius 1 is 1.09 bits per heavy atom. The maximum absolute atomic E-state index is 13.2. The molecule has 32 heavy (non-hydrogen) atoms. The molecule has 1 aliphatic rings. The molecule has 0 spiro atoms. The highest BCUT2D eigenvalue weighted by atomic mass is 32.2. The third-order valence-electron chi connectivity index (χ3n) is 5.23. The van der Waals surface area contributed by atoms with E-state index in [-0.39, 0.29) is 23.2 Å². The number of aryl methyl sites for hydroxylation is 1. The molecule has 0 bridgehead atoms. The Kier molecular flexibility index (Phi) is 6.71. The molecule has 1 amide bonds. The number of nitrogens with one attached hydrogen (secondary N) is 1. The number of amides is 1.